The van der Waals surface area contributed by atoms with Crippen LogP contribution in [0.1, 0.15) is 18.6 Å². The van der Waals surface area contributed by atoms with E-state index in [1.807, 2.05) is 36.4 Å². The lowest BCUT2D eigenvalue weighted by molar-refractivity contribution is 0.199. The predicted molar refractivity (Wildman–Crippen MR) is 66.9 cm³/mol. The molecule has 1 aromatic carbocycles. The summed E-state index contributed by atoms with van der Waals surface area (Å²) in [4.78, 5) is 4.16. The Kier molecular flexibility index (Phi) is 3.40. The fourth-order valence-corrected chi connectivity index (χ4v) is 1.65. The van der Waals surface area contributed by atoms with E-state index in [1.165, 1.54) is 0 Å². The van der Waals surface area contributed by atoms with Gasteiger partial charge in [0.25, 0.3) is 0 Å². The van der Waals surface area contributed by atoms with Crippen LogP contribution < -0.4 is 4.74 Å². The molecule has 0 bridgehead atoms. The number of aliphatic hydroxyl groups excluding tert-OH is 1. The van der Waals surface area contributed by atoms with Gasteiger partial charge in [-0.15, -0.1) is 0 Å². The van der Waals surface area contributed by atoms with Crippen molar-refractivity contribution in [2.45, 2.75) is 13.0 Å². The minimum atomic E-state index is -0.457. The number of rotatable bonds is 3. The highest BCUT2D eigenvalue weighted by Gasteiger charge is 2.04. The van der Waals surface area contributed by atoms with Gasteiger partial charge in [0.1, 0.15) is 0 Å². The zero-order valence-electron chi connectivity index (χ0n) is 9.92. The molecular formula is C14H15NO2. The summed E-state index contributed by atoms with van der Waals surface area (Å²) in [5.74, 6) is 0.598. The van der Waals surface area contributed by atoms with E-state index in [0.717, 1.165) is 16.7 Å². The molecule has 0 aliphatic heterocycles. The van der Waals surface area contributed by atoms with E-state index in [1.54, 1.807) is 20.2 Å². The highest BCUT2D eigenvalue weighted by molar-refractivity contribution is 5.63. The highest BCUT2D eigenvalue weighted by atomic mass is 16.5. The normalized spacial score (nSPS) is 12.2. The molecule has 0 spiro atoms. The molecule has 88 valence electrons. The number of hydrogen-bond donors (Lipinski definition) is 1. The first-order valence-electron chi connectivity index (χ1n) is 5.49. The first kappa shape index (κ1) is 11.6. The molecule has 2 rings (SSSR count). The summed E-state index contributed by atoms with van der Waals surface area (Å²) < 4.78 is 5.02. The van der Waals surface area contributed by atoms with Crippen molar-refractivity contribution in [3.8, 4) is 17.0 Å². The molecular weight excluding hydrogens is 214 g/mol. The molecule has 17 heavy (non-hydrogen) atoms. The summed E-state index contributed by atoms with van der Waals surface area (Å²) in [5, 5.41) is 9.54. The molecule has 0 saturated carbocycles. The number of nitrogens with zero attached hydrogens (tertiary/aromatic N) is 1. The molecule has 1 atom stereocenters. The second-order valence-corrected chi connectivity index (χ2v) is 3.89. The van der Waals surface area contributed by atoms with E-state index >= 15 is 0 Å². The van der Waals surface area contributed by atoms with Crippen molar-refractivity contribution in [3.05, 3.63) is 48.2 Å². The van der Waals surface area contributed by atoms with Crippen LogP contribution in [0.5, 0.6) is 5.88 Å². The average molecular weight is 229 g/mol. The Labute approximate surface area is 101 Å². The van der Waals surface area contributed by atoms with Gasteiger partial charge in [0, 0.05) is 17.8 Å². The number of aromatic nitrogens is 1. The van der Waals surface area contributed by atoms with Crippen molar-refractivity contribution >= 4 is 0 Å². The molecule has 0 fully saturated rings. The largest absolute Gasteiger partial charge is 0.481 e. The topological polar surface area (TPSA) is 42.4 Å². The second kappa shape index (κ2) is 4.97. The maximum Gasteiger partial charge on any atom is 0.212 e. The summed E-state index contributed by atoms with van der Waals surface area (Å²) in [6, 6.07) is 11.6. The highest BCUT2D eigenvalue weighted by Crippen LogP contribution is 2.23. The Morgan fingerprint density at radius 1 is 1.18 bits per heavy atom. The van der Waals surface area contributed by atoms with Crippen molar-refractivity contribution in [2.75, 3.05) is 7.11 Å². The monoisotopic (exact) mass is 229 g/mol. The molecule has 0 saturated heterocycles. The van der Waals surface area contributed by atoms with Gasteiger partial charge in [0.15, 0.2) is 0 Å². The molecule has 0 amide bonds. The maximum atomic E-state index is 9.54. The number of hydrogen-bond acceptors (Lipinski definition) is 3. The van der Waals surface area contributed by atoms with Crippen molar-refractivity contribution in [3.63, 3.8) is 0 Å². The molecule has 3 nitrogen and oxygen atoms in total. The van der Waals surface area contributed by atoms with Crippen molar-refractivity contribution < 1.29 is 9.84 Å². The lowest BCUT2D eigenvalue weighted by Crippen LogP contribution is -1.91. The predicted octanol–water partition coefficient (Wildman–Crippen LogP) is 2.81. The first-order valence-corrected chi connectivity index (χ1v) is 5.49. The zero-order chi connectivity index (χ0) is 12.3. The van der Waals surface area contributed by atoms with Gasteiger partial charge in [-0.25, -0.2) is 4.98 Å². The zero-order valence-corrected chi connectivity index (χ0v) is 9.92. The van der Waals surface area contributed by atoms with Gasteiger partial charge in [-0.2, -0.15) is 0 Å². The smallest absolute Gasteiger partial charge is 0.212 e. The molecule has 2 aromatic rings. The fraction of sp³-hybridized carbons (Fsp3) is 0.214. The summed E-state index contributed by atoms with van der Waals surface area (Å²) in [7, 11) is 1.59. The van der Waals surface area contributed by atoms with Crippen LogP contribution in [0.3, 0.4) is 0 Å². The number of methoxy groups -OCH3 is 1. The van der Waals surface area contributed by atoms with Crippen molar-refractivity contribution in [2.24, 2.45) is 0 Å². The van der Waals surface area contributed by atoms with Crippen LogP contribution >= 0.6 is 0 Å². The third kappa shape index (κ3) is 2.63. The Morgan fingerprint density at radius 3 is 2.59 bits per heavy atom. The SMILES string of the molecule is COc1ccc(-c2cccc([C@@H](C)O)c2)cn1. The van der Waals surface area contributed by atoms with E-state index in [4.69, 9.17) is 4.74 Å². The van der Waals surface area contributed by atoms with Crippen LogP contribution in [0.15, 0.2) is 42.6 Å². The Hall–Kier alpha value is -1.87. The van der Waals surface area contributed by atoms with E-state index in [-0.39, 0.29) is 0 Å². The standard InChI is InChI=1S/C14H15NO2/c1-10(16)11-4-3-5-12(8-11)13-6-7-14(17-2)15-9-13/h3-10,16H,1-2H3/t10-/m1/s1. The van der Waals surface area contributed by atoms with Gasteiger partial charge in [0.05, 0.1) is 13.2 Å². The summed E-state index contributed by atoms with van der Waals surface area (Å²) in [6.45, 7) is 1.76. The molecule has 0 unspecified atom stereocenters. The van der Waals surface area contributed by atoms with Gasteiger partial charge in [-0.3, -0.25) is 0 Å². The van der Waals surface area contributed by atoms with Crippen LogP contribution in [-0.2, 0) is 0 Å². The minimum Gasteiger partial charge on any atom is -0.481 e. The van der Waals surface area contributed by atoms with Gasteiger partial charge in [0.2, 0.25) is 5.88 Å². The number of ether oxygens (including phenoxy) is 1. The molecule has 3 heteroatoms. The van der Waals surface area contributed by atoms with Crippen LogP contribution in [0.4, 0.5) is 0 Å². The minimum absolute atomic E-state index is 0.457. The van der Waals surface area contributed by atoms with E-state index < -0.39 is 6.10 Å². The van der Waals surface area contributed by atoms with Gasteiger partial charge >= 0.3 is 0 Å². The Morgan fingerprint density at radius 2 is 2.00 bits per heavy atom. The quantitative estimate of drug-likeness (QED) is 0.880. The van der Waals surface area contributed by atoms with Crippen LogP contribution in [0, 0.1) is 0 Å². The van der Waals surface area contributed by atoms with Crippen LogP contribution in [0.2, 0.25) is 0 Å². The lowest BCUT2D eigenvalue weighted by atomic mass is 10.0. The Bertz CT molecular complexity index is 492. The number of benzene rings is 1. The second-order valence-electron chi connectivity index (χ2n) is 3.89. The molecule has 1 N–H and O–H groups in total. The summed E-state index contributed by atoms with van der Waals surface area (Å²) in [6.07, 6.45) is 1.31. The summed E-state index contributed by atoms with van der Waals surface area (Å²) in [5.41, 5.74) is 2.95. The molecule has 1 heterocycles. The van der Waals surface area contributed by atoms with Gasteiger partial charge < -0.3 is 9.84 Å². The number of aliphatic hydroxyl groups is 1. The average Bonchev–Trinajstić information content (AvgIpc) is 2.39. The van der Waals surface area contributed by atoms with Crippen LogP contribution in [-0.4, -0.2) is 17.2 Å². The molecule has 0 radical (unpaired) electrons. The maximum absolute atomic E-state index is 9.54. The van der Waals surface area contributed by atoms with E-state index in [0.29, 0.717) is 5.88 Å². The van der Waals surface area contributed by atoms with Crippen molar-refractivity contribution in [1.29, 1.82) is 0 Å². The van der Waals surface area contributed by atoms with Gasteiger partial charge in [-0.05, 0) is 30.2 Å². The lowest BCUT2D eigenvalue weighted by Gasteiger charge is -2.07. The first-order chi connectivity index (χ1) is 8.20. The third-order valence-corrected chi connectivity index (χ3v) is 2.65. The van der Waals surface area contributed by atoms with Crippen molar-refractivity contribution in [1.82, 2.24) is 4.98 Å². The fourth-order valence-electron chi connectivity index (χ4n) is 1.65. The number of pyridine rings is 1. The molecule has 0 aliphatic rings. The summed E-state index contributed by atoms with van der Waals surface area (Å²) >= 11 is 0. The third-order valence-electron chi connectivity index (χ3n) is 2.65. The van der Waals surface area contributed by atoms with E-state index in [2.05, 4.69) is 4.98 Å². The van der Waals surface area contributed by atoms with Gasteiger partial charge in [-0.1, -0.05) is 18.2 Å². The van der Waals surface area contributed by atoms with Crippen LogP contribution in [0.25, 0.3) is 11.1 Å². The Balaban J connectivity index is 2.35. The van der Waals surface area contributed by atoms with E-state index in [9.17, 15) is 5.11 Å². The molecule has 0 aliphatic carbocycles. The molecule has 1 aromatic heterocycles.